The number of benzene rings is 1. The average molecular weight is 260 g/mol. The summed E-state index contributed by atoms with van der Waals surface area (Å²) < 4.78 is 0. The van der Waals surface area contributed by atoms with Gasteiger partial charge in [-0.2, -0.15) is 0 Å². The monoisotopic (exact) mass is 260 g/mol. The normalized spacial score (nSPS) is 32.6. The maximum atomic E-state index is 3.54. The second-order valence-electron chi connectivity index (χ2n) is 5.76. The predicted molar refractivity (Wildman–Crippen MR) is 77.6 cm³/mol. The number of rotatable bonds is 3. The largest absolute Gasteiger partial charge is 0.314 e. The minimum absolute atomic E-state index is 0.538. The second-order valence-corrected chi connectivity index (χ2v) is 5.76. The highest BCUT2D eigenvalue weighted by Crippen LogP contribution is 2.19. The van der Waals surface area contributed by atoms with Crippen molar-refractivity contribution in [3.63, 3.8) is 0 Å². The molecule has 0 radical (unpaired) electrons. The molecule has 0 bridgehead atoms. The van der Waals surface area contributed by atoms with E-state index in [-0.39, 0.29) is 0 Å². The molecule has 0 amide bonds. The van der Waals surface area contributed by atoms with Crippen LogP contribution in [-0.4, -0.2) is 43.2 Å². The van der Waals surface area contributed by atoms with Gasteiger partial charge in [-0.1, -0.05) is 37.3 Å². The van der Waals surface area contributed by atoms with Gasteiger partial charge in [0.25, 0.3) is 0 Å². The third-order valence-electron chi connectivity index (χ3n) is 4.35. The fourth-order valence-electron chi connectivity index (χ4n) is 3.22. The predicted octanol–water partition coefficient (Wildman–Crippen LogP) is 0.573. The lowest BCUT2D eigenvalue weighted by Crippen LogP contribution is -2.59. The molecule has 1 aromatic rings. The van der Waals surface area contributed by atoms with Gasteiger partial charge in [-0.15, -0.1) is 0 Å². The van der Waals surface area contributed by atoms with Crippen molar-refractivity contribution in [1.29, 1.82) is 0 Å². The van der Waals surface area contributed by atoms with Crippen LogP contribution in [0.5, 0.6) is 0 Å². The fourth-order valence-corrected chi connectivity index (χ4v) is 3.22. The second kappa shape index (κ2) is 6.01. The van der Waals surface area contributed by atoms with Gasteiger partial charge in [0, 0.05) is 44.8 Å². The molecule has 3 N–H and O–H groups in total. The van der Waals surface area contributed by atoms with E-state index in [1.165, 1.54) is 5.56 Å². The van der Waals surface area contributed by atoms with Crippen LogP contribution in [0.2, 0.25) is 0 Å². The Labute approximate surface area is 115 Å². The van der Waals surface area contributed by atoms with Crippen molar-refractivity contribution in [3.8, 4) is 0 Å². The molecule has 2 saturated heterocycles. The maximum absolute atomic E-state index is 3.54. The molecule has 3 rings (SSSR count). The van der Waals surface area contributed by atoms with Crippen LogP contribution in [0, 0.1) is 5.92 Å². The molecule has 2 heterocycles. The van der Waals surface area contributed by atoms with Gasteiger partial charge in [-0.25, -0.2) is 0 Å². The summed E-state index contributed by atoms with van der Waals surface area (Å²) in [5.74, 6) is 0.683. The molecular formula is C15H24N4. The van der Waals surface area contributed by atoms with E-state index in [4.69, 9.17) is 0 Å². The summed E-state index contributed by atoms with van der Waals surface area (Å²) in [6, 6.07) is 11.9. The highest BCUT2D eigenvalue weighted by Gasteiger charge is 2.35. The Morgan fingerprint density at radius 1 is 1.21 bits per heavy atom. The van der Waals surface area contributed by atoms with E-state index in [0.717, 1.165) is 32.7 Å². The number of hydrogen-bond donors (Lipinski definition) is 3. The Morgan fingerprint density at radius 2 is 2.05 bits per heavy atom. The zero-order chi connectivity index (χ0) is 13.1. The van der Waals surface area contributed by atoms with Crippen LogP contribution < -0.4 is 16.2 Å². The Morgan fingerprint density at radius 3 is 2.79 bits per heavy atom. The van der Waals surface area contributed by atoms with Crippen LogP contribution in [0.3, 0.4) is 0 Å². The fraction of sp³-hybridized carbons (Fsp3) is 0.600. The Kier molecular flexibility index (Phi) is 4.13. The number of nitrogens with zero attached hydrogens (tertiary/aromatic N) is 1. The first-order valence-electron chi connectivity index (χ1n) is 7.31. The van der Waals surface area contributed by atoms with Gasteiger partial charge in [-0.3, -0.25) is 15.8 Å². The van der Waals surface area contributed by atoms with Crippen LogP contribution in [0.25, 0.3) is 0 Å². The Balaban J connectivity index is 1.70. The van der Waals surface area contributed by atoms with Crippen molar-refractivity contribution in [2.45, 2.75) is 25.6 Å². The molecule has 4 nitrogen and oxygen atoms in total. The average Bonchev–Trinajstić information content (AvgIpc) is 2.87. The van der Waals surface area contributed by atoms with Crippen LogP contribution in [0.4, 0.5) is 0 Å². The van der Waals surface area contributed by atoms with E-state index in [1.54, 1.807) is 0 Å². The summed E-state index contributed by atoms with van der Waals surface area (Å²) in [6.45, 7) is 7.75. The summed E-state index contributed by atoms with van der Waals surface area (Å²) in [7, 11) is 0. The van der Waals surface area contributed by atoms with E-state index in [2.05, 4.69) is 58.3 Å². The smallest absolute Gasteiger partial charge is 0.0419 e. The molecular weight excluding hydrogens is 236 g/mol. The third kappa shape index (κ3) is 2.98. The molecule has 4 heteroatoms. The number of hydrazine groups is 1. The molecule has 104 valence electrons. The lowest BCUT2D eigenvalue weighted by atomic mass is 9.94. The van der Waals surface area contributed by atoms with Gasteiger partial charge < -0.3 is 5.32 Å². The maximum Gasteiger partial charge on any atom is 0.0419 e. The van der Waals surface area contributed by atoms with Crippen LogP contribution in [-0.2, 0) is 6.54 Å². The van der Waals surface area contributed by atoms with E-state index in [1.807, 2.05) is 0 Å². The first-order chi connectivity index (χ1) is 9.34. The SMILES string of the molecule is CC1CNNC1C1CNCCN1Cc1ccccc1. The molecule has 2 aliphatic heterocycles. The van der Waals surface area contributed by atoms with Crippen molar-refractivity contribution in [3.05, 3.63) is 35.9 Å². The summed E-state index contributed by atoms with van der Waals surface area (Å²) >= 11 is 0. The van der Waals surface area contributed by atoms with Crippen molar-refractivity contribution in [2.75, 3.05) is 26.2 Å². The first kappa shape index (κ1) is 13.1. The molecule has 0 aromatic heterocycles. The minimum Gasteiger partial charge on any atom is -0.314 e. The van der Waals surface area contributed by atoms with E-state index in [0.29, 0.717) is 18.0 Å². The highest BCUT2D eigenvalue weighted by atomic mass is 15.4. The van der Waals surface area contributed by atoms with Crippen molar-refractivity contribution >= 4 is 0 Å². The number of hydrogen-bond acceptors (Lipinski definition) is 4. The van der Waals surface area contributed by atoms with Crippen molar-refractivity contribution in [1.82, 2.24) is 21.1 Å². The summed E-state index contributed by atoms with van der Waals surface area (Å²) in [5.41, 5.74) is 8.17. The summed E-state index contributed by atoms with van der Waals surface area (Å²) in [6.07, 6.45) is 0. The van der Waals surface area contributed by atoms with Gasteiger partial charge in [0.2, 0.25) is 0 Å². The molecule has 0 spiro atoms. The number of nitrogens with one attached hydrogen (secondary N) is 3. The lowest BCUT2D eigenvalue weighted by molar-refractivity contribution is 0.112. The number of piperazine rings is 1. The Bertz CT molecular complexity index is 394. The summed E-state index contributed by atoms with van der Waals surface area (Å²) in [4.78, 5) is 2.62. The topological polar surface area (TPSA) is 39.3 Å². The molecule has 0 saturated carbocycles. The molecule has 19 heavy (non-hydrogen) atoms. The molecule has 1 aromatic carbocycles. The van der Waals surface area contributed by atoms with Crippen molar-refractivity contribution in [2.24, 2.45) is 5.92 Å². The van der Waals surface area contributed by atoms with E-state index in [9.17, 15) is 0 Å². The lowest BCUT2D eigenvalue weighted by Gasteiger charge is -2.40. The van der Waals surface area contributed by atoms with Crippen LogP contribution >= 0.6 is 0 Å². The minimum atomic E-state index is 0.538. The zero-order valence-corrected chi connectivity index (χ0v) is 11.6. The molecule has 0 aliphatic carbocycles. The van der Waals surface area contributed by atoms with Crippen molar-refractivity contribution < 1.29 is 0 Å². The Hall–Kier alpha value is -0.940. The van der Waals surface area contributed by atoms with Gasteiger partial charge in [0.15, 0.2) is 0 Å². The first-order valence-corrected chi connectivity index (χ1v) is 7.31. The molecule has 3 atom stereocenters. The third-order valence-corrected chi connectivity index (χ3v) is 4.35. The van der Waals surface area contributed by atoms with E-state index >= 15 is 0 Å². The van der Waals surface area contributed by atoms with E-state index < -0.39 is 0 Å². The molecule has 3 unspecified atom stereocenters. The van der Waals surface area contributed by atoms with Crippen LogP contribution in [0.15, 0.2) is 30.3 Å². The highest BCUT2D eigenvalue weighted by molar-refractivity contribution is 5.15. The zero-order valence-electron chi connectivity index (χ0n) is 11.6. The molecule has 2 fully saturated rings. The van der Waals surface area contributed by atoms with Gasteiger partial charge >= 0.3 is 0 Å². The molecule has 2 aliphatic rings. The van der Waals surface area contributed by atoms with Gasteiger partial charge in [-0.05, 0) is 11.5 Å². The summed E-state index contributed by atoms with van der Waals surface area (Å²) in [5, 5.41) is 3.54. The van der Waals surface area contributed by atoms with Gasteiger partial charge in [0.1, 0.15) is 0 Å². The quantitative estimate of drug-likeness (QED) is 0.743. The standard InChI is InChI=1S/C15H24N4/c1-12-9-17-18-15(12)14-10-16-7-8-19(14)11-13-5-3-2-4-6-13/h2-6,12,14-18H,7-11H2,1H3. The van der Waals surface area contributed by atoms with Gasteiger partial charge in [0.05, 0.1) is 0 Å². The van der Waals surface area contributed by atoms with Crippen LogP contribution in [0.1, 0.15) is 12.5 Å².